The molecule has 0 bridgehead atoms. The molecule has 3 rings (SSSR count). The lowest BCUT2D eigenvalue weighted by Crippen LogP contribution is -2.41. The number of alkyl halides is 3. The first-order valence-corrected chi connectivity index (χ1v) is 8.90. The monoisotopic (exact) mass is 378 g/mol. The standard InChI is InChI=1S/C20H21F3N2O2/c21-20(22,23)16-7-5-6-15(12-16)19(9-2-3-10-19)14-24-17(26)13-25-11-4-1-8-18(25)27/h1,4-8,11-12H,2-3,9-10,13-14H2,(H,24,26). The first kappa shape index (κ1) is 19.2. The summed E-state index contributed by atoms with van der Waals surface area (Å²) in [6.07, 6.45) is 0.391. The van der Waals surface area contributed by atoms with Gasteiger partial charge in [-0.05, 0) is 30.5 Å². The van der Waals surface area contributed by atoms with Crippen LogP contribution in [0.15, 0.2) is 53.5 Å². The molecule has 1 aliphatic carbocycles. The number of benzene rings is 1. The maximum Gasteiger partial charge on any atom is 0.416 e. The molecule has 0 aliphatic heterocycles. The highest BCUT2D eigenvalue weighted by molar-refractivity contribution is 5.75. The van der Waals surface area contributed by atoms with Gasteiger partial charge in [0, 0.05) is 24.2 Å². The van der Waals surface area contributed by atoms with Crippen LogP contribution in [-0.2, 0) is 22.9 Å². The van der Waals surface area contributed by atoms with Crippen LogP contribution in [0.25, 0.3) is 0 Å². The first-order valence-electron chi connectivity index (χ1n) is 8.90. The van der Waals surface area contributed by atoms with E-state index in [2.05, 4.69) is 5.32 Å². The van der Waals surface area contributed by atoms with E-state index in [4.69, 9.17) is 0 Å². The van der Waals surface area contributed by atoms with Gasteiger partial charge in [-0.3, -0.25) is 9.59 Å². The van der Waals surface area contributed by atoms with Crippen LogP contribution < -0.4 is 10.9 Å². The van der Waals surface area contributed by atoms with Crippen molar-refractivity contribution >= 4 is 5.91 Å². The maximum atomic E-state index is 13.1. The minimum atomic E-state index is -4.40. The third kappa shape index (κ3) is 4.40. The lowest BCUT2D eigenvalue weighted by atomic mass is 9.78. The number of aromatic nitrogens is 1. The molecule has 0 radical (unpaired) electrons. The predicted octanol–water partition coefficient (Wildman–Crippen LogP) is 3.50. The van der Waals surface area contributed by atoms with Crippen LogP contribution in [0.2, 0.25) is 0 Å². The molecule has 0 atom stereocenters. The Labute approximate surface area is 155 Å². The fourth-order valence-corrected chi connectivity index (χ4v) is 3.71. The van der Waals surface area contributed by atoms with Crippen molar-refractivity contribution in [3.05, 3.63) is 70.1 Å². The van der Waals surface area contributed by atoms with Gasteiger partial charge in [-0.25, -0.2) is 0 Å². The van der Waals surface area contributed by atoms with Gasteiger partial charge in [-0.2, -0.15) is 13.2 Å². The van der Waals surface area contributed by atoms with Crippen molar-refractivity contribution in [3.63, 3.8) is 0 Å². The largest absolute Gasteiger partial charge is 0.416 e. The molecule has 1 amide bonds. The molecule has 1 heterocycles. The van der Waals surface area contributed by atoms with Gasteiger partial charge in [0.1, 0.15) is 6.54 Å². The fourth-order valence-electron chi connectivity index (χ4n) is 3.71. The van der Waals surface area contributed by atoms with E-state index in [0.717, 1.165) is 31.7 Å². The van der Waals surface area contributed by atoms with Crippen LogP contribution in [0.4, 0.5) is 13.2 Å². The molecule has 144 valence electrons. The molecule has 1 aromatic heterocycles. The van der Waals surface area contributed by atoms with Crippen LogP contribution in [0.1, 0.15) is 36.8 Å². The minimum Gasteiger partial charge on any atom is -0.354 e. The van der Waals surface area contributed by atoms with Gasteiger partial charge in [0.15, 0.2) is 0 Å². The number of rotatable bonds is 5. The van der Waals surface area contributed by atoms with Crippen LogP contribution in [-0.4, -0.2) is 17.0 Å². The molecule has 2 aromatic rings. The van der Waals surface area contributed by atoms with Crippen molar-refractivity contribution in [2.24, 2.45) is 0 Å². The topological polar surface area (TPSA) is 51.1 Å². The Balaban J connectivity index is 1.75. The predicted molar refractivity (Wildman–Crippen MR) is 95.3 cm³/mol. The smallest absolute Gasteiger partial charge is 0.354 e. The summed E-state index contributed by atoms with van der Waals surface area (Å²) in [6.45, 7) is 0.146. The van der Waals surface area contributed by atoms with E-state index in [0.29, 0.717) is 5.56 Å². The van der Waals surface area contributed by atoms with Crippen LogP contribution >= 0.6 is 0 Å². The van der Waals surface area contributed by atoms with E-state index in [-0.39, 0.29) is 24.6 Å². The number of hydrogen-bond donors (Lipinski definition) is 1. The number of carbonyl (C=O) groups excluding carboxylic acids is 1. The molecule has 0 spiro atoms. The number of pyridine rings is 1. The molecule has 7 heteroatoms. The Bertz CT molecular complexity index is 868. The summed E-state index contributed by atoms with van der Waals surface area (Å²) in [4.78, 5) is 24.0. The van der Waals surface area contributed by atoms with Gasteiger partial charge in [0.25, 0.3) is 5.56 Å². The van der Waals surface area contributed by atoms with Crippen LogP contribution in [0.3, 0.4) is 0 Å². The number of nitrogens with one attached hydrogen (secondary N) is 1. The van der Waals surface area contributed by atoms with Gasteiger partial charge in [0.05, 0.1) is 5.56 Å². The number of amides is 1. The zero-order chi connectivity index (χ0) is 19.5. The molecular weight excluding hydrogens is 357 g/mol. The molecule has 1 N–H and O–H groups in total. The quantitative estimate of drug-likeness (QED) is 0.866. The van der Waals surface area contributed by atoms with E-state index in [1.807, 2.05) is 0 Å². The highest BCUT2D eigenvalue weighted by Gasteiger charge is 2.38. The Kier molecular flexibility index (Phi) is 5.39. The van der Waals surface area contributed by atoms with E-state index in [1.54, 1.807) is 18.2 Å². The first-order chi connectivity index (χ1) is 12.8. The van der Waals surface area contributed by atoms with Crippen molar-refractivity contribution in [3.8, 4) is 0 Å². The molecule has 1 saturated carbocycles. The van der Waals surface area contributed by atoms with Gasteiger partial charge in [-0.1, -0.05) is 37.1 Å². The van der Waals surface area contributed by atoms with Crippen molar-refractivity contribution in [2.45, 2.75) is 43.8 Å². The molecule has 1 aromatic carbocycles. The zero-order valence-corrected chi connectivity index (χ0v) is 14.8. The second-order valence-corrected chi connectivity index (χ2v) is 7.01. The average Bonchev–Trinajstić information content (AvgIpc) is 3.12. The van der Waals surface area contributed by atoms with E-state index < -0.39 is 17.2 Å². The highest BCUT2D eigenvalue weighted by Crippen LogP contribution is 2.42. The number of nitrogens with zero attached hydrogens (tertiary/aromatic N) is 1. The molecule has 0 saturated heterocycles. The van der Waals surface area contributed by atoms with Crippen molar-refractivity contribution < 1.29 is 18.0 Å². The summed E-state index contributed by atoms with van der Waals surface area (Å²) >= 11 is 0. The van der Waals surface area contributed by atoms with Crippen molar-refractivity contribution in [2.75, 3.05) is 6.54 Å². The highest BCUT2D eigenvalue weighted by atomic mass is 19.4. The van der Waals surface area contributed by atoms with E-state index in [1.165, 1.54) is 29.0 Å². The summed E-state index contributed by atoms with van der Waals surface area (Å²) in [6, 6.07) is 10.0. The van der Waals surface area contributed by atoms with E-state index >= 15 is 0 Å². The lowest BCUT2D eigenvalue weighted by molar-refractivity contribution is -0.137. The third-order valence-electron chi connectivity index (χ3n) is 5.20. The summed E-state index contributed by atoms with van der Waals surface area (Å²) in [5, 5.41) is 2.82. The van der Waals surface area contributed by atoms with E-state index in [9.17, 15) is 22.8 Å². The number of carbonyl (C=O) groups is 1. The normalized spacial score (nSPS) is 16.3. The minimum absolute atomic E-state index is 0.113. The van der Waals surface area contributed by atoms with Gasteiger partial charge < -0.3 is 9.88 Å². The molecule has 4 nitrogen and oxygen atoms in total. The Morgan fingerprint density at radius 1 is 1.11 bits per heavy atom. The van der Waals surface area contributed by atoms with Crippen LogP contribution in [0, 0.1) is 0 Å². The Morgan fingerprint density at radius 3 is 2.52 bits per heavy atom. The second-order valence-electron chi connectivity index (χ2n) is 7.01. The third-order valence-corrected chi connectivity index (χ3v) is 5.20. The molecule has 1 fully saturated rings. The summed E-state index contributed by atoms with van der Waals surface area (Å²) in [5.41, 5.74) is -0.847. The fraction of sp³-hybridized carbons (Fsp3) is 0.400. The molecule has 1 aliphatic rings. The molecular formula is C20H21F3N2O2. The Hall–Kier alpha value is -2.57. The SMILES string of the molecule is O=C(Cn1ccccc1=O)NCC1(c2cccc(C(F)(F)F)c2)CCCC1. The lowest BCUT2D eigenvalue weighted by Gasteiger charge is -2.30. The molecule has 27 heavy (non-hydrogen) atoms. The number of hydrogen-bond acceptors (Lipinski definition) is 2. The van der Waals surface area contributed by atoms with Gasteiger partial charge in [-0.15, -0.1) is 0 Å². The zero-order valence-electron chi connectivity index (χ0n) is 14.8. The van der Waals surface area contributed by atoms with Crippen molar-refractivity contribution in [1.29, 1.82) is 0 Å². The van der Waals surface area contributed by atoms with Crippen molar-refractivity contribution in [1.82, 2.24) is 9.88 Å². The summed E-state index contributed by atoms with van der Waals surface area (Å²) < 4.78 is 40.5. The second kappa shape index (κ2) is 7.58. The molecule has 0 unspecified atom stereocenters. The average molecular weight is 378 g/mol. The number of halogens is 3. The van der Waals surface area contributed by atoms with Crippen LogP contribution in [0.5, 0.6) is 0 Å². The maximum absolute atomic E-state index is 13.1. The van der Waals surface area contributed by atoms with Gasteiger partial charge >= 0.3 is 6.18 Å². The Morgan fingerprint density at radius 2 is 1.85 bits per heavy atom. The summed E-state index contributed by atoms with van der Waals surface area (Å²) in [5.74, 6) is -0.332. The summed E-state index contributed by atoms with van der Waals surface area (Å²) in [7, 11) is 0. The van der Waals surface area contributed by atoms with Gasteiger partial charge in [0.2, 0.25) is 5.91 Å².